The van der Waals surface area contributed by atoms with Crippen LogP contribution in [0.25, 0.3) is 11.3 Å². The van der Waals surface area contributed by atoms with Gasteiger partial charge in [0, 0.05) is 36.0 Å². The number of carbonyl (C=O) groups excluding carboxylic acids is 1. The Morgan fingerprint density at radius 3 is 2.60 bits per heavy atom. The van der Waals surface area contributed by atoms with Crippen molar-refractivity contribution >= 4 is 40.3 Å². The molecule has 1 amide bonds. The molecular formula is C25H26N4O5S. The first-order valence-electron chi connectivity index (χ1n) is 11.3. The number of furan rings is 1. The second-order valence-electron chi connectivity index (χ2n) is 8.37. The summed E-state index contributed by atoms with van der Waals surface area (Å²) in [7, 11) is 0. The molecule has 3 aromatic rings. The summed E-state index contributed by atoms with van der Waals surface area (Å²) in [6.07, 6.45) is 3.09. The lowest BCUT2D eigenvalue weighted by Crippen LogP contribution is -2.34. The molecule has 1 aromatic heterocycles. The molecule has 1 aliphatic heterocycles. The molecular weight excluding hydrogens is 468 g/mol. The number of aliphatic hydroxyl groups is 1. The SMILES string of the molecule is Cc1ccc(-c2ccc(CO)o2)cc1NC(=S)NC(=O)c1ccc(N2CCCCC2)c([N+](=O)[O-])c1. The maximum absolute atomic E-state index is 12.8. The lowest BCUT2D eigenvalue weighted by Gasteiger charge is -2.28. The van der Waals surface area contributed by atoms with Crippen molar-refractivity contribution in [3.63, 3.8) is 0 Å². The summed E-state index contributed by atoms with van der Waals surface area (Å²) in [6.45, 7) is 3.22. The Kier molecular flexibility index (Phi) is 7.42. The lowest BCUT2D eigenvalue weighted by molar-refractivity contribution is -0.384. The van der Waals surface area contributed by atoms with Gasteiger partial charge in [-0.15, -0.1) is 0 Å². The Hall–Kier alpha value is -3.76. The van der Waals surface area contributed by atoms with E-state index in [9.17, 15) is 20.0 Å². The van der Waals surface area contributed by atoms with Crippen LogP contribution in [0.15, 0.2) is 52.9 Å². The Labute approximate surface area is 207 Å². The number of aliphatic hydroxyl groups excluding tert-OH is 1. The van der Waals surface area contributed by atoms with Crippen LogP contribution >= 0.6 is 12.2 Å². The van der Waals surface area contributed by atoms with Crippen LogP contribution in [0.4, 0.5) is 17.1 Å². The third-order valence-corrected chi connectivity index (χ3v) is 6.15. The number of nitro benzene ring substituents is 1. The second-order valence-corrected chi connectivity index (χ2v) is 8.78. The molecule has 9 nitrogen and oxygen atoms in total. The van der Waals surface area contributed by atoms with E-state index in [0.29, 0.717) is 22.9 Å². The number of nitrogens with one attached hydrogen (secondary N) is 2. The number of rotatable bonds is 6. The van der Waals surface area contributed by atoms with Crippen molar-refractivity contribution in [2.24, 2.45) is 0 Å². The number of hydrogen-bond acceptors (Lipinski definition) is 7. The number of anilines is 2. The number of hydrogen-bond donors (Lipinski definition) is 3. The van der Waals surface area contributed by atoms with Gasteiger partial charge in [0.2, 0.25) is 0 Å². The average molecular weight is 495 g/mol. The summed E-state index contributed by atoms with van der Waals surface area (Å²) in [5.41, 5.74) is 2.92. The molecule has 0 spiro atoms. The molecule has 10 heteroatoms. The van der Waals surface area contributed by atoms with E-state index >= 15 is 0 Å². The van der Waals surface area contributed by atoms with Gasteiger partial charge in [-0.2, -0.15) is 0 Å². The smallest absolute Gasteiger partial charge is 0.293 e. The van der Waals surface area contributed by atoms with Crippen LogP contribution in [-0.2, 0) is 6.61 Å². The second kappa shape index (κ2) is 10.7. The highest BCUT2D eigenvalue weighted by atomic mass is 32.1. The number of thiocarbonyl (C=S) groups is 1. The van der Waals surface area contributed by atoms with E-state index in [1.165, 1.54) is 6.07 Å². The number of piperidine rings is 1. The Bertz CT molecular complexity index is 1270. The third kappa shape index (κ3) is 5.67. The molecule has 0 saturated carbocycles. The summed E-state index contributed by atoms with van der Waals surface area (Å²) in [4.78, 5) is 26.0. The molecule has 0 bridgehead atoms. The summed E-state index contributed by atoms with van der Waals surface area (Å²) in [5, 5.41) is 26.6. The fourth-order valence-corrected chi connectivity index (χ4v) is 4.27. The topological polar surface area (TPSA) is 121 Å². The van der Waals surface area contributed by atoms with Crippen molar-refractivity contribution in [1.29, 1.82) is 0 Å². The number of carbonyl (C=O) groups is 1. The van der Waals surface area contributed by atoms with Crippen LogP contribution in [-0.4, -0.2) is 34.1 Å². The van der Waals surface area contributed by atoms with Gasteiger partial charge in [0.1, 0.15) is 23.8 Å². The number of benzene rings is 2. The van der Waals surface area contributed by atoms with Crippen LogP contribution in [0.2, 0.25) is 0 Å². The fraction of sp³-hybridized carbons (Fsp3) is 0.280. The van der Waals surface area contributed by atoms with Gasteiger partial charge >= 0.3 is 0 Å². The predicted octanol–water partition coefficient (Wildman–Crippen LogP) is 4.77. The largest absolute Gasteiger partial charge is 0.459 e. The predicted molar refractivity (Wildman–Crippen MR) is 138 cm³/mol. The van der Waals surface area contributed by atoms with Gasteiger partial charge in [0.05, 0.1) is 4.92 Å². The van der Waals surface area contributed by atoms with Gasteiger partial charge in [-0.1, -0.05) is 12.1 Å². The van der Waals surface area contributed by atoms with Crippen LogP contribution in [0.5, 0.6) is 0 Å². The van der Waals surface area contributed by atoms with Crippen molar-refractivity contribution < 1.29 is 19.2 Å². The highest BCUT2D eigenvalue weighted by molar-refractivity contribution is 7.80. The Morgan fingerprint density at radius 2 is 1.91 bits per heavy atom. The highest BCUT2D eigenvalue weighted by Crippen LogP contribution is 2.31. The lowest BCUT2D eigenvalue weighted by atomic mass is 10.1. The van der Waals surface area contributed by atoms with Crippen LogP contribution in [0.1, 0.15) is 40.9 Å². The summed E-state index contributed by atoms with van der Waals surface area (Å²) >= 11 is 5.33. The normalized spacial score (nSPS) is 13.4. The van der Waals surface area contributed by atoms with Crippen LogP contribution in [0, 0.1) is 17.0 Å². The standard InChI is InChI=1S/C25H26N4O5S/c1-16-5-6-17(23-10-8-19(15-30)34-23)13-20(16)26-25(35)27-24(31)18-7-9-21(22(14-18)29(32)33)28-11-3-2-4-12-28/h5-10,13-14,30H,2-4,11-12,15H2,1H3,(H2,26,27,31,35). The van der Waals surface area contributed by atoms with E-state index in [1.807, 2.05) is 30.0 Å². The quantitative estimate of drug-likeness (QED) is 0.255. The molecule has 0 unspecified atom stereocenters. The monoisotopic (exact) mass is 494 g/mol. The van der Waals surface area contributed by atoms with E-state index in [-0.39, 0.29) is 23.0 Å². The van der Waals surface area contributed by atoms with Gasteiger partial charge < -0.3 is 19.7 Å². The Morgan fingerprint density at radius 1 is 1.14 bits per heavy atom. The van der Waals surface area contributed by atoms with Crippen molar-refractivity contribution in [1.82, 2.24) is 5.32 Å². The zero-order chi connectivity index (χ0) is 24.9. The maximum Gasteiger partial charge on any atom is 0.293 e. The first kappa shape index (κ1) is 24.4. The first-order valence-corrected chi connectivity index (χ1v) is 11.7. The van der Waals surface area contributed by atoms with E-state index < -0.39 is 10.8 Å². The summed E-state index contributed by atoms with van der Waals surface area (Å²) in [5.74, 6) is 0.509. The van der Waals surface area contributed by atoms with E-state index in [1.54, 1.807) is 24.3 Å². The molecule has 4 rings (SSSR count). The van der Waals surface area contributed by atoms with Gasteiger partial charge in [-0.3, -0.25) is 20.2 Å². The molecule has 1 aliphatic rings. The number of nitrogens with zero attached hydrogens (tertiary/aromatic N) is 2. The number of amides is 1. The van der Waals surface area contributed by atoms with Crippen molar-refractivity contribution in [3.8, 4) is 11.3 Å². The molecule has 0 atom stereocenters. The highest BCUT2D eigenvalue weighted by Gasteiger charge is 2.23. The van der Waals surface area contributed by atoms with Crippen molar-refractivity contribution in [2.75, 3.05) is 23.3 Å². The van der Waals surface area contributed by atoms with Gasteiger partial charge in [-0.25, -0.2) is 0 Å². The molecule has 0 radical (unpaired) electrons. The number of aryl methyl sites for hydroxylation is 1. The zero-order valence-corrected chi connectivity index (χ0v) is 20.1. The summed E-state index contributed by atoms with van der Waals surface area (Å²) < 4.78 is 5.59. The van der Waals surface area contributed by atoms with Crippen LogP contribution in [0.3, 0.4) is 0 Å². The Balaban J connectivity index is 1.47. The van der Waals surface area contributed by atoms with Gasteiger partial charge in [-0.05, 0) is 74.3 Å². The molecule has 2 heterocycles. The number of nitro groups is 1. The molecule has 1 fully saturated rings. The molecule has 35 heavy (non-hydrogen) atoms. The minimum atomic E-state index is -0.539. The van der Waals surface area contributed by atoms with E-state index in [4.69, 9.17) is 16.6 Å². The zero-order valence-electron chi connectivity index (χ0n) is 19.2. The molecule has 1 saturated heterocycles. The molecule has 0 aliphatic carbocycles. The maximum atomic E-state index is 12.8. The molecule has 2 aromatic carbocycles. The van der Waals surface area contributed by atoms with Crippen molar-refractivity contribution in [2.45, 2.75) is 32.8 Å². The minimum absolute atomic E-state index is 0.0634. The van der Waals surface area contributed by atoms with E-state index in [0.717, 1.165) is 43.5 Å². The molecule has 182 valence electrons. The van der Waals surface area contributed by atoms with E-state index in [2.05, 4.69) is 10.6 Å². The third-order valence-electron chi connectivity index (χ3n) is 5.95. The van der Waals surface area contributed by atoms with Gasteiger partial charge in [0.15, 0.2) is 5.11 Å². The van der Waals surface area contributed by atoms with Gasteiger partial charge in [0.25, 0.3) is 11.6 Å². The summed E-state index contributed by atoms with van der Waals surface area (Å²) in [6, 6.07) is 13.6. The van der Waals surface area contributed by atoms with Crippen LogP contribution < -0.4 is 15.5 Å². The minimum Gasteiger partial charge on any atom is -0.459 e. The average Bonchev–Trinajstić information content (AvgIpc) is 3.35. The first-order chi connectivity index (χ1) is 16.9. The van der Waals surface area contributed by atoms with Crippen molar-refractivity contribution in [3.05, 3.63) is 75.5 Å². The molecule has 3 N–H and O–H groups in total. The fourth-order valence-electron chi connectivity index (χ4n) is 4.07.